The van der Waals surface area contributed by atoms with Gasteiger partial charge in [0.1, 0.15) is 5.60 Å². The van der Waals surface area contributed by atoms with Crippen LogP contribution in [0.5, 0.6) is 0 Å². The number of amides is 1. The molecule has 24 heavy (non-hydrogen) atoms. The second-order valence-electron chi connectivity index (χ2n) is 6.52. The van der Waals surface area contributed by atoms with Crippen molar-refractivity contribution in [1.82, 2.24) is 20.0 Å². The number of likely N-dealkylation sites (tertiary alicyclic amines) is 1. The zero-order valence-corrected chi connectivity index (χ0v) is 13.6. The number of carbonyl (C=O) groups excluding carboxylic acids is 1. The standard InChI is InChI=1S/C16H20N4O4/c1-19-11-16(24-15(19)21)5-3-7-20(8-6-16)10-13-17-18-14(23-13)12-4-2-9-22-12/h2,4,9H,3,5-8,10-11H2,1H3. The minimum atomic E-state index is -0.339. The van der Waals surface area contributed by atoms with Crippen molar-refractivity contribution < 1.29 is 18.4 Å². The van der Waals surface area contributed by atoms with Crippen LogP contribution >= 0.6 is 0 Å². The summed E-state index contributed by atoms with van der Waals surface area (Å²) in [7, 11) is 1.79. The summed E-state index contributed by atoms with van der Waals surface area (Å²) in [4.78, 5) is 15.6. The monoisotopic (exact) mass is 332 g/mol. The maximum atomic E-state index is 11.7. The van der Waals surface area contributed by atoms with E-state index in [2.05, 4.69) is 15.1 Å². The van der Waals surface area contributed by atoms with Gasteiger partial charge in [0, 0.05) is 20.0 Å². The van der Waals surface area contributed by atoms with Gasteiger partial charge in [0.2, 0.25) is 5.89 Å². The van der Waals surface area contributed by atoms with E-state index in [4.69, 9.17) is 13.6 Å². The Kier molecular flexibility index (Phi) is 3.76. The number of furan rings is 1. The van der Waals surface area contributed by atoms with Gasteiger partial charge in [-0.2, -0.15) is 0 Å². The summed E-state index contributed by atoms with van der Waals surface area (Å²) < 4.78 is 16.6. The quantitative estimate of drug-likeness (QED) is 0.851. The van der Waals surface area contributed by atoms with Crippen LogP contribution in [0.15, 0.2) is 27.2 Å². The third-order valence-corrected chi connectivity index (χ3v) is 4.69. The van der Waals surface area contributed by atoms with Crippen molar-refractivity contribution in [2.75, 3.05) is 26.7 Å². The molecular weight excluding hydrogens is 312 g/mol. The molecule has 2 aliphatic rings. The molecule has 0 saturated carbocycles. The molecule has 2 fully saturated rings. The molecule has 0 aliphatic carbocycles. The van der Waals surface area contributed by atoms with Crippen molar-refractivity contribution >= 4 is 6.09 Å². The zero-order valence-electron chi connectivity index (χ0n) is 13.6. The van der Waals surface area contributed by atoms with E-state index in [1.165, 1.54) is 0 Å². The van der Waals surface area contributed by atoms with E-state index in [9.17, 15) is 4.79 Å². The molecule has 128 valence electrons. The number of likely N-dealkylation sites (N-methyl/N-ethyl adjacent to an activating group) is 1. The van der Waals surface area contributed by atoms with E-state index in [1.807, 2.05) is 0 Å². The van der Waals surface area contributed by atoms with Crippen LogP contribution in [0.2, 0.25) is 0 Å². The normalized spacial score (nSPS) is 25.2. The number of rotatable bonds is 3. The van der Waals surface area contributed by atoms with Crippen molar-refractivity contribution in [1.29, 1.82) is 0 Å². The average molecular weight is 332 g/mol. The second kappa shape index (κ2) is 5.94. The second-order valence-corrected chi connectivity index (χ2v) is 6.52. The molecule has 1 spiro atoms. The Morgan fingerprint density at radius 2 is 2.21 bits per heavy atom. The number of nitrogens with zero attached hydrogens (tertiary/aromatic N) is 4. The van der Waals surface area contributed by atoms with Crippen molar-refractivity contribution in [2.45, 2.75) is 31.4 Å². The molecule has 0 N–H and O–H groups in total. The van der Waals surface area contributed by atoms with Gasteiger partial charge >= 0.3 is 6.09 Å². The largest absolute Gasteiger partial charge is 0.459 e. The fraction of sp³-hybridized carbons (Fsp3) is 0.562. The predicted molar refractivity (Wildman–Crippen MR) is 83.0 cm³/mol. The SMILES string of the molecule is CN1CC2(CCCN(Cc3nnc(-c4ccco4)o3)CC2)OC1=O. The first-order chi connectivity index (χ1) is 11.6. The van der Waals surface area contributed by atoms with Gasteiger partial charge in [-0.15, -0.1) is 10.2 Å². The van der Waals surface area contributed by atoms with E-state index in [0.717, 1.165) is 32.4 Å². The summed E-state index contributed by atoms with van der Waals surface area (Å²) in [6.45, 7) is 3.01. The van der Waals surface area contributed by atoms with Crippen molar-refractivity contribution in [3.63, 3.8) is 0 Å². The molecule has 2 aromatic heterocycles. The van der Waals surface area contributed by atoms with E-state index < -0.39 is 0 Å². The topological polar surface area (TPSA) is 84.8 Å². The highest BCUT2D eigenvalue weighted by molar-refractivity contribution is 5.70. The summed E-state index contributed by atoms with van der Waals surface area (Å²) in [6, 6.07) is 3.57. The summed E-state index contributed by atoms with van der Waals surface area (Å²) in [6.07, 6.45) is 4.04. The maximum Gasteiger partial charge on any atom is 0.410 e. The lowest BCUT2D eigenvalue weighted by atomic mass is 9.95. The molecule has 4 rings (SSSR count). The van der Waals surface area contributed by atoms with E-state index in [0.29, 0.717) is 30.6 Å². The molecule has 1 amide bonds. The van der Waals surface area contributed by atoms with Gasteiger partial charge in [0.05, 0.1) is 19.4 Å². The summed E-state index contributed by atoms with van der Waals surface area (Å²) in [5.41, 5.74) is -0.339. The number of hydrogen-bond donors (Lipinski definition) is 0. The smallest absolute Gasteiger partial charge is 0.410 e. The minimum absolute atomic E-state index is 0.219. The highest BCUT2D eigenvalue weighted by Gasteiger charge is 2.44. The third kappa shape index (κ3) is 2.89. The van der Waals surface area contributed by atoms with Crippen LogP contribution in [0.4, 0.5) is 4.79 Å². The van der Waals surface area contributed by atoms with Gasteiger partial charge in [0.15, 0.2) is 5.76 Å². The predicted octanol–water partition coefficient (Wildman–Crippen LogP) is 2.14. The molecule has 1 atom stereocenters. The summed E-state index contributed by atoms with van der Waals surface area (Å²) in [5.74, 6) is 1.54. The van der Waals surface area contributed by atoms with Crippen LogP contribution in [0.3, 0.4) is 0 Å². The fourth-order valence-electron chi connectivity index (χ4n) is 3.44. The average Bonchev–Trinajstić information content (AvgIpc) is 3.24. The Bertz CT molecular complexity index is 713. The molecule has 2 aromatic rings. The van der Waals surface area contributed by atoms with Crippen molar-refractivity contribution in [3.8, 4) is 11.7 Å². The molecule has 1 unspecified atom stereocenters. The van der Waals surface area contributed by atoms with Gasteiger partial charge in [-0.3, -0.25) is 4.90 Å². The van der Waals surface area contributed by atoms with Gasteiger partial charge < -0.3 is 18.5 Å². The molecule has 0 bridgehead atoms. The first-order valence-electron chi connectivity index (χ1n) is 8.16. The number of carbonyl (C=O) groups is 1. The summed E-state index contributed by atoms with van der Waals surface area (Å²) in [5, 5.41) is 8.12. The lowest BCUT2D eigenvalue weighted by Gasteiger charge is -2.25. The number of ether oxygens (including phenoxy) is 1. The van der Waals surface area contributed by atoms with Gasteiger partial charge in [-0.1, -0.05) is 0 Å². The highest BCUT2D eigenvalue weighted by Crippen LogP contribution is 2.32. The molecule has 8 heteroatoms. The molecule has 8 nitrogen and oxygen atoms in total. The number of aromatic nitrogens is 2. The van der Waals surface area contributed by atoms with Gasteiger partial charge in [-0.25, -0.2) is 4.79 Å². The molecular formula is C16H20N4O4. The molecule has 0 radical (unpaired) electrons. The third-order valence-electron chi connectivity index (χ3n) is 4.69. The van der Waals surface area contributed by atoms with Crippen LogP contribution in [-0.2, 0) is 11.3 Å². The lowest BCUT2D eigenvalue weighted by molar-refractivity contribution is 0.0440. The Morgan fingerprint density at radius 1 is 1.29 bits per heavy atom. The molecule has 2 aliphatic heterocycles. The molecule has 4 heterocycles. The molecule has 2 saturated heterocycles. The van der Waals surface area contributed by atoms with E-state index in [1.54, 1.807) is 30.3 Å². The van der Waals surface area contributed by atoms with Crippen LogP contribution in [0, 0.1) is 0 Å². The van der Waals surface area contributed by atoms with Crippen molar-refractivity contribution in [3.05, 3.63) is 24.3 Å². The van der Waals surface area contributed by atoms with Crippen LogP contribution in [0.25, 0.3) is 11.7 Å². The number of hydrogen-bond acceptors (Lipinski definition) is 7. The van der Waals surface area contributed by atoms with Crippen LogP contribution in [-0.4, -0.2) is 58.4 Å². The molecule has 0 aromatic carbocycles. The zero-order chi connectivity index (χ0) is 16.6. The minimum Gasteiger partial charge on any atom is -0.459 e. The highest BCUT2D eigenvalue weighted by atomic mass is 16.6. The Morgan fingerprint density at radius 3 is 2.96 bits per heavy atom. The maximum absolute atomic E-state index is 11.7. The van der Waals surface area contributed by atoms with Crippen molar-refractivity contribution in [2.24, 2.45) is 0 Å². The van der Waals surface area contributed by atoms with E-state index >= 15 is 0 Å². The summed E-state index contributed by atoms with van der Waals surface area (Å²) >= 11 is 0. The Labute approximate surface area is 139 Å². The Hall–Kier alpha value is -2.35. The fourth-order valence-corrected chi connectivity index (χ4v) is 3.44. The van der Waals surface area contributed by atoms with Crippen LogP contribution < -0.4 is 0 Å². The lowest BCUT2D eigenvalue weighted by Crippen LogP contribution is -2.35. The van der Waals surface area contributed by atoms with E-state index in [-0.39, 0.29) is 11.7 Å². The first kappa shape index (κ1) is 15.2. The Balaban J connectivity index is 1.39. The van der Waals surface area contributed by atoms with Crippen LogP contribution in [0.1, 0.15) is 25.2 Å². The first-order valence-corrected chi connectivity index (χ1v) is 8.16. The van der Waals surface area contributed by atoms with Gasteiger partial charge in [-0.05, 0) is 31.5 Å². The van der Waals surface area contributed by atoms with Gasteiger partial charge in [0.25, 0.3) is 5.89 Å².